The molecule has 6 rings (SSSR count). The summed E-state index contributed by atoms with van der Waals surface area (Å²) in [4.78, 5) is 0. The first kappa shape index (κ1) is 34.8. The maximum Gasteiger partial charge on any atom is -0.0253 e. The van der Waals surface area contributed by atoms with Crippen molar-refractivity contribution in [3.8, 4) is 11.1 Å². The van der Waals surface area contributed by atoms with Gasteiger partial charge in [-0.15, -0.1) is 5.56 Å². The predicted molar refractivity (Wildman–Crippen MR) is 164 cm³/mol. The van der Waals surface area contributed by atoms with Crippen LogP contribution in [0, 0.1) is 13.0 Å². The quantitative estimate of drug-likeness (QED) is 0.256. The smallest absolute Gasteiger partial charge is 0.0253 e. The molecule has 3 heteroatoms. The summed E-state index contributed by atoms with van der Waals surface area (Å²) >= 11 is 1.46. The van der Waals surface area contributed by atoms with Crippen molar-refractivity contribution in [3.63, 3.8) is 0 Å². The molecule has 0 aromatic heterocycles. The maximum absolute atomic E-state index is 3.30. The summed E-state index contributed by atoms with van der Waals surface area (Å²) in [7, 11) is 0. The average Bonchev–Trinajstić information content (AvgIpc) is 3.55. The van der Waals surface area contributed by atoms with Crippen LogP contribution in [-0.2, 0) is 42.5 Å². The van der Waals surface area contributed by atoms with E-state index in [4.69, 9.17) is 0 Å². The van der Waals surface area contributed by atoms with Crippen molar-refractivity contribution >= 4 is 3.21 Å². The van der Waals surface area contributed by atoms with Gasteiger partial charge in [-0.05, 0) is 6.42 Å². The number of aryl methyl sites for hydroxylation is 2. The fraction of sp³-hybridized carbons (Fsp3) is 0.211. The molecule has 0 heterocycles. The van der Waals surface area contributed by atoms with Crippen molar-refractivity contribution in [1.82, 2.24) is 0 Å². The second-order valence-electron chi connectivity index (χ2n) is 11.1. The molecule has 0 N–H and O–H groups in total. The van der Waals surface area contributed by atoms with Crippen LogP contribution in [0.3, 0.4) is 0 Å². The molecule has 0 nitrogen and oxygen atoms in total. The Morgan fingerprint density at radius 3 is 1.85 bits per heavy atom. The third-order valence-electron chi connectivity index (χ3n) is 7.05. The van der Waals surface area contributed by atoms with E-state index in [1.54, 1.807) is 0 Å². The van der Waals surface area contributed by atoms with Gasteiger partial charge < -0.3 is 24.8 Å². The van der Waals surface area contributed by atoms with Gasteiger partial charge in [0.15, 0.2) is 0 Å². The van der Waals surface area contributed by atoms with E-state index < -0.39 is 0 Å². The molecule has 0 saturated heterocycles. The number of benzene rings is 4. The molecule has 1 aliphatic carbocycles. The summed E-state index contributed by atoms with van der Waals surface area (Å²) in [6, 6.07) is 43.8. The third kappa shape index (κ3) is 9.28. The molecule has 1 aliphatic rings. The monoisotopic (exact) mass is 654 g/mol. The van der Waals surface area contributed by atoms with Crippen LogP contribution >= 0.6 is 0 Å². The van der Waals surface area contributed by atoms with Gasteiger partial charge in [-0.25, -0.2) is 6.07 Å². The number of hydrogen-bond donors (Lipinski definition) is 0. The van der Waals surface area contributed by atoms with Gasteiger partial charge in [0.05, 0.1) is 0 Å². The van der Waals surface area contributed by atoms with Crippen molar-refractivity contribution in [2.75, 3.05) is 0 Å². The summed E-state index contributed by atoms with van der Waals surface area (Å²) in [5.74, 6) is 0. The van der Waals surface area contributed by atoms with E-state index in [-0.39, 0.29) is 24.8 Å². The molecule has 0 radical (unpaired) electrons. The SMILES string of the molecule is CCc1[cH-]c(C)cc1C(C)(C)C.[Cl-].[Cl-].[Zr+2]=[C](c1ccccc1)c1ccccc1.[c-]1cccc2c1Cc1ccccc1-2. The average molecular weight is 657 g/mol. The van der Waals surface area contributed by atoms with Crippen LogP contribution < -0.4 is 24.8 Å². The molecular formula is C38H38Cl2Zr-2. The molecule has 210 valence electrons. The van der Waals surface area contributed by atoms with Crippen LogP contribution in [0.5, 0.6) is 0 Å². The Hall–Kier alpha value is -2.44. The summed E-state index contributed by atoms with van der Waals surface area (Å²) in [5, 5.41) is 0. The van der Waals surface area contributed by atoms with Gasteiger partial charge in [0.1, 0.15) is 0 Å². The summed E-state index contributed by atoms with van der Waals surface area (Å²) in [6.45, 7) is 11.2. The van der Waals surface area contributed by atoms with E-state index >= 15 is 0 Å². The van der Waals surface area contributed by atoms with Gasteiger partial charge in [0.2, 0.25) is 0 Å². The molecule has 0 aliphatic heterocycles. The Morgan fingerprint density at radius 2 is 1.32 bits per heavy atom. The van der Waals surface area contributed by atoms with Crippen LogP contribution in [0.1, 0.15) is 66.6 Å². The normalized spacial score (nSPS) is 10.8. The predicted octanol–water partition coefficient (Wildman–Crippen LogP) is 3.44. The topological polar surface area (TPSA) is 0 Å². The van der Waals surface area contributed by atoms with E-state index in [0.717, 1.165) is 12.8 Å². The number of halogens is 2. The van der Waals surface area contributed by atoms with Gasteiger partial charge in [-0.1, -0.05) is 81.8 Å². The number of rotatable bonds is 3. The second-order valence-corrected chi connectivity index (χ2v) is 12.3. The number of hydrogen-bond acceptors (Lipinski definition) is 0. The fourth-order valence-electron chi connectivity index (χ4n) is 5.08. The summed E-state index contributed by atoms with van der Waals surface area (Å²) in [6.07, 6.45) is 2.20. The molecule has 0 unspecified atom stereocenters. The van der Waals surface area contributed by atoms with Crippen molar-refractivity contribution in [2.45, 2.75) is 52.9 Å². The molecule has 41 heavy (non-hydrogen) atoms. The maximum atomic E-state index is 3.30. The van der Waals surface area contributed by atoms with E-state index in [1.807, 2.05) is 6.07 Å². The molecular weight excluding hydrogens is 619 g/mol. The van der Waals surface area contributed by atoms with Gasteiger partial charge >= 0.3 is 99.2 Å². The number of fused-ring (bicyclic) bond motifs is 3. The molecule has 0 fully saturated rings. The van der Waals surface area contributed by atoms with E-state index in [9.17, 15) is 0 Å². The first-order chi connectivity index (χ1) is 18.8. The Balaban J connectivity index is 0.000000211. The summed E-state index contributed by atoms with van der Waals surface area (Å²) in [5.41, 5.74) is 12.9. The fourth-order valence-corrected chi connectivity index (χ4v) is 5.90. The molecule has 5 aromatic rings. The van der Waals surface area contributed by atoms with Crippen LogP contribution in [-0.4, -0.2) is 3.21 Å². The molecule has 0 spiro atoms. The zero-order valence-corrected chi connectivity index (χ0v) is 28.6. The largest absolute Gasteiger partial charge is 0.179 e. The van der Waals surface area contributed by atoms with E-state index in [1.165, 1.54) is 77.5 Å². The van der Waals surface area contributed by atoms with Crippen molar-refractivity contribution < 1.29 is 49.0 Å². The zero-order chi connectivity index (χ0) is 27.8. The first-order valence-electron chi connectivity index (χ1n) is 13.8. The summed E-state index contributed by atoms with van der Waals surface area (Å²) < 4.78 is 1.42. The second kappa shape index (κ2) is 16.3. The Bertz CT molecular complexity index is 1420. The Kier molecular flexibility index (Phi) is 13.8. The molecule has 0 amide bonds. The Labute approximate surface area is 274 Å². The molecule has 5 aromatic carbocycles. The Morgan fingerprint density at radius 1 is 0.780 bits per heavy atom. The first-order valence-corrected chi connectivity index (χ1v) is 15.0. The van der Waals surface area contributed by atoms with Crippen molar-refractivity contribution in [1.29, 1.82) is 0 Å². The van der Waals surface area contributed by atoms with Crippen molar-refractivity contribution in [3.05, 3.63) is 160 Å². The van der Waals surface area contributed by atoms with Gasteiger partial charge in [-0.2, -0.15) is 52.6 Å². The van der Waals surface area contributed by atoms with Crippen LogP contribution in [0.2, 0.25) is 0 Å². The van der Waals surface area contributed by atoms with Crippen molar-refractivity contribution in [2.24, 2.45) is 0 Å². The minimum absolute atomic E-state index is 0. The van der Waals surface area contributed by atoms with E-state index in [0.29, 0.717) is 5.41 Å². The molecule has 0 saturated carbocycles. The van der Waals surface area contributed by atoms with Crippen LogP contribution in [0.25, 0.3) is 11.1 Å². The van der Waals surface area contributed by atoms with Gasteiger partial charge in [0.25, 0.3) is 0 Å². The van der Waals surface area contributed by atoms with E-state index in [2.05, 4.69) is 150 Å². The minimum Gasteiger partial charge on any atom is -0.179 e. The molecule has 0 bridgehead atoms. The molecule has 0 atom stereocenters. The van der Waals surface area contributed by atoms with Crippen LogP contribution in [0.4, 0.5) is 0 Å². The van der Waals surface area contributed by atoms with Crippen LogP contribution in [0.15, 0.2) is 115 Å². The van der Waals surface area contributed by atoms with Gasteiger partial charge in [-0.3, -0.25) is 0 Å². The zero-order valence-electron chi connectivity index (χ0n) is 24.6. The van der Waals surface area contributed by atoms with Gasteiger partial charge in [0, 0.05) is 0 Å². The third-order valence-corrected chi connectivity index (χ3v) is 8.47. The minimum atomic E-state index is 0. The standard InChI is InChI=1S/C13H9.C13H10.C12H19.2ClH.Zr/c1-3-7-12-10(5-1)9-11-6-2-4-8-13(11)12;1-3-7-12(8-4-1)11-13-9-5-2-6-10-13;1-6-10-7-9(2)8-11(10)12(3,4)5;;;/h1-5,7-8H,9H2;1-10H;7-8H,6H2,1-5H3;2*1H;/q-1;;-1;;;+2/p-2.